The molecular formula is C24H22N2O2. The van der Waals surface area contributed by atoms with Gasteiger partial charge in [0.2, 0.25) is 0 Å². The molecule has 5 rings (SSSR count). The van der Waals surface area contributed by atoms with Crippen LogP contribution in [0.2, 0.25) is 0 Å². The van der Waals surface area contributed by atoms with Gasteiger partial charge >= 0.3 is 0 Å². The lowest BCUT2D eigenvalue weighted by Gasteiger charge is -2.38. The summed E-state index contributed by atoms with van der Waals surface area (Å²) in [6.07, 6.45) is 5.46. The fraction of sp³-hybridized carbons (Fsp3) is 0.250. The molecule has 0 bridgehead atoms. The zero-order chi connectivity index (χ0) is 19.4. The van der Waals surface area contributed by atoms with Crippen LogP contribution in [0.5, 0.6) is 0 Å². The number of rotatable bonds is 2. The first-order valence-corrected chi connectivity index (χ1v) is 9.75. The van der Waals surface area contributed by atoms with E-state index in [1.54, 1.807) is 6.07 Å². The molecule has 28 heavy (non-hydrogen) atoms. The van der Waals surface area contributed by atoms with Gasteiger partial charge in [0.1, 0.15) is 5.69 Å². The van der Waals surface area contributed by atoms with Gasteiger partial charge in [-0.05, 0) is 59.2 Å². The van der Waals surface area contributed by atoms with Crippen LogP contribution >= 0.6 is 0 Å². The molecule has 140 valence electrons. The monoisotopic (exact) mass is 370 g/mol. The summed E-state index contributed by atoms with van der Waals surface area (Å²) in [6.45, 7) is 4.05. The third-order valence-corrected chi connectivity index (χ3v) is 6.50. The third kappa shape index (κ3) is 2.37. The Hall–Kier alpha value is -3.14. The van der Waals surface area contributed by atoms with Gasteiger partial charge in [0.15, 0.2) is 0 Å². The highest BCUT2D eigenvalue weighted by atomic mass is 16.6. The molecule has 1 aliphatic heterocycles. The molecule has 3 atom stereocenters. The van der Waals surface area contributed by atoms with Gasteiger partial charge in [-0.3, -0.25) is 10.1 Å². The number of allylic oxidation sites excluding steroid dienone is 2. The largest absolute Gasteiger partial charge is 0.372 e. The summed E-state index contributed by atoms with van der Waals surface area (Å²) in [5.74, 6) is 0.567. The number of nitrogens with one attached hydrogen (secondary N) is 1. The molecule has 2 unspecified atom stereocenters. The van der Waals surface area contributed by atoms with Crippen LogP contribution in [0.4, 0.5) is 11.4 Å². The van der Waals surface area contributed by atoms with Crippen molar-refractivity contribution < 1.29 is 4.92 Å². The molecule has 3 aromatic rings. The number of nitrogens with zero attached hydrogens (tertiary/aromatic N) is 1. The second-order valence-corrected chi connectivity index (χ2v) is 7.93. The van der Waals surface area contributed by atoms with Crippen LogP contribution in [-0.4, -0.2) is 4.92 Å². The zero-order valence-electron chi connectivity index (χ0n) is 16.0. The molecular weight excluding hydrogens is 348 g/mol. The van der Waals surface area contributed by atoms with Crippen molar-refractivity contribution in [3.05, 3.63) is 93.1 Å². The van der Waals surface area contributed by atoms with Crippen LogP contribution in [-0.2, 0) is 0 Å². The molecule has 1 aliphatic carbocycles. The van der Waals surface area contributed by atoms with Gasteiger partial charge in [0.25, 0.3) is 5.69 Å². The van der Waals surface area contributed by atoms with Gasteiger partial charge in [0, 0.05) is 12.0 Å². The smallest absolute Gasteiger partial charge is 0.292 e. The third-order valence-electron chi connectivity index (χ3n) is 6.50. The van der Waals surface area contributed by atoms with E-state index in [0.717, 1.165) is 23.1 Å². The van der Waals surface area contributed by atoms with Crippen molar-refractivity contribution in [2.75, 3.05) is 5.32 Å². The van der Waals surface area contributed by atoms with E-state index in [9.17, 15) is 10.1 Å². The van der Waals surface area contributed by atoms with Gasteiger partial charge in [-0.1, -0.05) is 54.6 Å². The topological polar surface area (TPSA) is 55.2 Å². The summed E-state index contributed by atoms with van der Waals surface area (Å²) < 4.78 is 0. The SMILES string of the molecule is Cc1cc([N+](=O)[O-])c2c(c1C)C1C=CCC1[C@@H](c1cccc3ccccc13)N2. The summed E-state index contributed by atoms with van der Waals surface area (Å²) in [5, 5.41) is 17.9. The number of anilines is 1. The van der Waals surface area contributed by atoms with E-state index in [4.69, 9.17) is 0 Å². The lowest BCUT2D eigenvalue weighted by Crippen LogP contribution is -2.30. The van der Waals surface area contributed by atoms with E-state index < -0.39 is 0 Å². The molecule has 0 aromatic heterocycles. The maximum absolute atomic E-state index is 11.8. The summed E-state index contributed by atoms with van der Waals surface area (Å²) in [7, 11) is 0. The molecule has 0 fully saturated rings. The van der Waals surface area contributed by atoms with Crippen molar-refractivity contribution in [3.8, 4) is 0 Å². The second kappa shape index (κ2) is 6.20. The minimum Gasteiger partial charge on any atom is -0.372 e. The fourth-order valence-corrected chi connectivity index (χ4v) is 5.05. The van der Waals surface area contributed by atoms with Crippen LogP contribution in [0.25, 0.3) is 10.8 Å². The average Bonchev–Trinajstić information content (AvgIpc) is 3.19. The lowest BCUT2D eigenvalue weighted by molar-refractivity contribution is -0.384. The van der Waals surface area contributed by atoms with E-state index in [0.29, 0.717) is 11.6 Å². The van der Waals surface area contributed by atoms with Crippen molar-refractivity contribution in [2.24, 2.45) is 5.92 Å². The first-order chi connectivity index (χ1) is 13.6. The van der Waals surface area contributed by atoms with Gasteiger partial charge in [-0.2, -0.15) is 0 Å². The minimum atomic E-state index is -0.253. The maximum Gasteiger partial charge on any atom is 0.292 e. The molecule has 3 aromatic carbocycles. The Morgan fingerprint density at radius 3 is 2.71 bits per heavy atom. The van der Waals surface area contributed by atoms with Crippen molar-refractivity contribution in [1.82, 2.24) is 0 Å². The second-order valence-electron chi connectivity index (χ2n) is 7.93. The number of nitro benzene ring substituents is 1. The average molecular weight is 370 g/mol. The molecule has 1 heterocycles. The molecule has 4 heteroatoms. The number of hydrogen-bond acceptors (Lipinski definition) is 3. The first-order valence-electron chi connectivity index (χ1n) is 9.75. The number of hydrogen-bond donors (Lipinski definition) is 1. The molecule has 0 spiro atoms. The van der Waals surface area contributed by atoms with E-state index in [-0.39, 0.29) is 22.6 Å². The molecule has 0 saturated carbocycles. The number of fused-ring (bicyclic) bond motifs is 4. The van der Waals surface area contributed by atoms with E-state index in [2.05, 4.69) is 60.8 Å². The van der Waals surface area contributed by atoms with E-state index >= 15 is 0 Å². The quantitative estimate of drug-likeness (QED) is 0.332. The summed E-state index contributed by atoms with van der Waals surface area (Å²) in [5.41, 5.74) is 5.33. The van der Waals surface area contributed by atoms with Gasteiger partial charge in [-0.15, -0.1) is 0 Å². The van der Waals surface area contributed by atoms with E-state index in [1.165, 1.54) is 16.3 Å². The Balaban J connectivity index is 1.75. The van der Waals surface area contributed by atoms with Crippen LogP contribution < -0.4 is 5.32 Å². The van der Waals surface area contributed by atoms with Crippen molar-refractivity contribution in [2.45, 2.75) is 32.2 Å². The molecule has 0 radical (unpaired) electrons. The zero-order valence-corrected chi connectivity index (χ0v) is 16.0. The molecule has 2 aliphatic rings. The Kier molecular flexibility index (Phi) is 3.76. The molecule has 0 saturated heterocycles. The minimum absolute atomic E-state index is 0.0411. The first kappa shape index (κ1) is 17.0. The highest BCUT2D eigenvalue weighted by Crippen LogP contribution is 2.54. The number of nitro groups is 1. The standard InChI is InChI=1S/C24H22N2O2/c1-14-13-21(26(27)28)24-22(15(14)2)18-10-6-12-20(18)23(25-24)19-11-5-8-16-7-3-4-9-17(16)19/h3-11,13,18,20,23,25H,12H2,1-2H3/t18?,20?,23-/m1/s1. The van der Waals surface area contributed by atoms with Crippen molar-refractivity contribution >= 4 is 22.1 Å². The normalized spacial score (nSPS) is 22.6. The fourth-order valence-electron chi connectivity index (χ4n) is 5.05. The molecule has 0 amide bonds. The Morgan fingerprint density at radius 2 is 1.89 bits per heavy atom. The van der Waals surface area contributed by atoms with Gasteiger partial charge in [0.05, 0.1) is 11.0 Å². The Morgan fingerprint density at radius 1 is 1.11 bits per heavy atom. The highest BCUT2D eigenvalue weighted by molar-refractivity contribution is 5.87. The summed E-state index contributed by atoms with van der Waals surface area (Å²) in [4.78, 5) is 11.6. The molecule has 1 N–H and O–H groups in total. The van der Waals surface area contributed by atoms with Crippen molar-refractivity contribution in [1.29, 1.82) is 0 Å². The van der Waals surface area contributed by atoms with Gasteiger partial charge < -0.3 is 5.32 Å². The summed E-state index contributed by atoms with van der Waals surface area (Å²) in [6, 6.07) is 16.5. The lowest BCUT2D eigenvalue weighted by atomic mass is 9.74. The number of aryl methyl sites for hydroxylation is 1. The summed E-state index contributed by atoms with van der Waals surface area (Å²) >= 11 is 0. The Labute approximate surface area is 164 Å². The van der Waals surface area contributed by atoms with Crippen LogP contribution in [0, 0.1) is 29.9 Å². The van der Waals surface area contributed by atoms with Crippen LogP contribution in [0.3, 0.4) is 0 Å². The number of benzene rings is 3. The maximum atomic E-state index is 11.8. The predicted octanol–water partition coefficient (Wildman–Crippen LogP) is 6.19. The highest BCUT2D eigenvalue weighted by Gasteiger charge is 2.42. The van der Waals surface area contributed by atoms with Crippen LogP contribution in [0.15, 0.2) is 60.7 Å². The van der Waals surface area contributed by atoms with Crippen LogP contribution in [0.1, 0.15) is 40.6 Å². The molecule has 4 nitrogen and oxygen atoms in total. The van der Waals surface area contributed by atoms with Gasteiger partial charge in [-0.25, -0.2) is 0 Å². The van der Waals surface area contributed by atoms with E-state index in [1.807, 2.05) is 13.0 Å². The van der Waals surface area contributed by atoms with Crippen molar-refractivity contribution in [3.63, 3.8) is 0 Å². The predicted molar refractivity (Wildman–Crippen MR) is 113 cm³/mol. The Bertz CT molecular complexity index is 1140.